The number of pyridine rings is 1. The summed E-state index contributed by atoms with van der Waals surface area (Å²) >= 11 is 0. The number of hydrogen-bond donors (Lipinski definition) is 1. The molecular weight excluding hydrogens is 516 g/mol. The monoisotopic (exact) mass is 552 g/mol. The fraction of sp³-hybridized carbons (Fsp3) is 0.303. The van der Waals surface area contributed by atoms with E-state index >= 15 is 0 Å². The van der Waals surface area contributed by atoms with E-state index in [9.17, 15) is 14.7 Å². The summed E-state index contributed by atoms with van der Waals surface area (Å²) in [6, 6.07) is 20.4. The minimum Gasteiger partial charge on any atom is -0.505 e. The van der Waals surface area contributed by atoms with Crippen LogP contribution >= 0.6 is 0 Å². The average Bonchev–Trinajstić information content (AvgIpc) is 3.47. The van der Waals surface area contributed by atoms with Crippen molar-refractivity contribution < 1.29 is 19.4 Å². The van der Waals surface area contributed by atoms with Crippen LogP contribution in [0.5, 0.6) is 5.75 Å². The number of aryl methyl sites for hydroxylation is 2. The van der Waals surface area contributed by atoms with Crippen LogP contribution in [0.25, 0.3) is 11.4 Å². The lowest BCUT2D eigenvalue weighted by Gasteiger charge is -2.28. The largest absolute Gasteiger partial charge is 0.505 e. The molecule has 8 heteroatoms. The van der Waals surface area contributed by atoms with Gasteiger partial charge in [-0.05, 0) is 61.8 Å². The van der Waals surface area contributed by atoms with Gasteiger partial charge < -0.3 is 24.0 Å². The fourth-order valence-corrected chi connectivity index (χ4v) is 5.41. The zero-order valence-corrected chi connectivity index (χ0v) is 24.0. The molecule has 1 amide bonds. The molecule has 1 N–H and O–H groups in total. The Morgan fingerprint density at radius 2 is 1.68 bits per heavy atom. The summed E-state index contributed by atoms with van der Waals surface area (Å²) in [6.45, 7) is 11.0. The number of likely N-dealkylation sites (tertiary alicyclic amines) is 1. The summed E-state index contributed by atoms with van der Waals surface area (Å²) < 4.78 is 7.85. The summed E-state index contributed by atoms with van der Waals surface area (Å²) in [5, 5.41) is 11.6. The Hall–Kier alpha value is -4.43. The molecule has 0 aliphatic carbocycles. The Morgan fingerprint density at radius 1 is 0.976 bits per heavy atom. The molecule has 1 aliphatic heterocycles. The second-order valence-corrected chi connectivity index (χ2v) is 10.3. The van der Waals surface area contributed by atoms with Crippen LogP contribution in [0.15, 0.2) is 78.5 Å². The van der Waals surface area contributed by atoms with Crippen molar-refractivity contribution in [1.82, 2.24) is 19.2 Å². The van der Waals surface area contributed by atoms with Gasteiger partial charge in [0.05, 0.1) is 17.3 Å². The van der Waals surface area contributed by atoms with E-state index in [1.165, 1.54) is 0 Å². The normalized spacial score (nSPS) is 16.7. The lowest BCUT2D eigenvalue weighted by atomic mass is 9.96. The first-order valence-corrected chi connectivity index (χ1v) is 14.1. The minimum atomic E-state index is -0.751. The summed E-state index contributed by atoms with van der Waals surface area (Å²) in [7, 11) is 0. The molecule has 1 saturated heterocycles. The van der Waals surface area contributed by atoms with Crippen LogP contribution in [0.3, 0.4) is 0 Å². The van der Waals surface area contributed by atoms with Gasteiger partial charge in [0.2, 0.25) is 0 Å². The standard InChI is InChI=1S/C33H36N4O4/c1-5-35(6-2)19-20-37-29(25-14-16-26(17-15-25)41-21-24-12-8-7-9-13-24)27(31(39)33(37)40)30(38)28-23(4)36-18-10-11-22(3)32(36)34-28/h7-18,29,38H,5-6,19-21H2,1-4H3. The van der Waals surface area contributed by atoms with E-state index in [-0.39, 0.29) is 11.3 Å². The first-order chi connectivity index (χ1) is 19.8. The highest BCUT2D eigenvalue weighted by molar-refractivity contribution is 6.46. The van der Waals surface area contributed by atoms with Gasteiger partial charge in [-0.25, -0.2) is 4.98 Å². The number of nitrogens with zero attached hydrogens (tertiary/aromatic N) is 4. The van der Waals surface area contributed by atoms with Crippen molar-refractivity contribution in [2.45, 2.75) is 40.3 Å². The van der Waals surface area contributed by atoms with Crippen LogP contribution in [-0.2, 0) is 16.2 Å². The summed E-state index contributed by atoms with van der Waals surface area (Å²) in [5.41, 5.74) is 4.45. The summed E-state index contributed by atoms with van der Waals surface area (Å²) in [4.78, 5) is 35.4. The average molecular weight is 553 g/mol. The zero-order valence-electron chi connectivity index (χ0n) is 24.0. The number of imidazole rings is 1. The quantitative estimate of drug-likeness (QED) is 0.163. The Kier molecular flexibility index (Phi) is 8.21. The van der Waals surface area contributed by atoms with Gasteiger partial charge in [0.15, 0.2) is 5.76 Å². The van der Waals surface area contributed by atoms with E-state index in [1.54, 1.807) is 4.90 Å². The SMILES string of the molecule is CCN(CC)CCN1C(=O)C(=O)C(=C(O)c2nc3c(C)cccn3c2C)C1c1ccc(OCc2ccccc2)cc1. The number of ether oxygens (including phenoxy) is 1. The Balaban J connectivity index is 1.54. The molecule has 8 nitrogen and oxygen atoms in total. The van der Waals surface area contributed by atoms with Crippen molar-refractivity contribution in [3.63, 3.8) is 0 Å². The van der Waals surface area contributed by atoms with Crippen LogP contribution in [0.2, 0.25) is 0 Å². The smallest absolute Gasteiger partial charge is 0.295 e. The van der Waals surface area contributed by atoms with Crippen LogP contribution in [0.4, 0.5) is 0 Å². The van der Waals surface area contributed by atoms with Gasteiger partial charge in [-0.15, -0.1) is 0 Å². The maximum atomic E-state index is 13.5. The summed E-state index contributed by atoms with van der Waals surface area (Å²) in [6.07, 6.45) is 1.87. The minimum absolute atomic E-state index is 0.0525. The van der Waals surface area contributed by atoms with Gasteiger partial charge in [-0.2, -0.15) is 0 Å². The third-order valence-electron chi connectivity index (χ3n) is 7.84. The molecule has 1 unspecified atom stereocenters. The van der Waals surface area contributed by atoms with Gasteiger partial charge in [-0.1, -0.05) is 62.4 Å². The maximum Gasteiger partial charge on any atom is 0.295 e. The predicted octanol–water partition coefficient (Wildman–Crippen LogP) is 5.29. The highest BCUT2D eigenvalue weighted by Gasteiger charge is 2.46. The number of ketones is 1. The number of carbonyl (C=O) groups is 2. The number of rotatable bonds is 10. The Morgan fingerprint density at radius 3 is 2.34 bits per heavy atom. The van der Waals surface area contributed by atoms with Crippen LogP contribution in [0, 0.1) is 13.8 Å². The first kappa shape index (κ1) is 28.1. The molecule has 0 saturated carbocycles. The number of hydrogen-bond acceptors (Lipinski definition) is 6. The molecule has 0 bridgehead atoms. The van der Waals surface area contributed by atoms with E-state index in [1.807, 2.05) is 91.2 Å². The maximum absolute atomic E-state index is 13.5. The molecule has 3 heterocycles. The van der Waals surface area contributed by atoms with E-state index in [0.717, 1.165) is 29.8 Å². The lowest BCUT2D eigenvalue weighted by Crippen LogP contribution is -2.38. The molecule has 2 aromatic carbocycles. The van der Waals surface area contributed by atoms with Crippen molar-refractivity contribution in [2.75, 3.05) is 26.2 Å². The molecule has 0 radical (unpaired) electrons. The fourth-order valence-electron chi connectivity index (χ4n) is 5.41. The van der Waals surface area contributed by atoms with E-state index in [0.29, 0.717) is 42.5 Å². The van der Waals surface area contributed by atoms with Crippen molar-refractivity contribution in [3.8, 4) is 5.75 Å². The van der Waals surface area contributed by atoms with Gasteiger partial charge in [-0.3, -0.25) is 9.59 Å². The predicted molar refractivity (Wildman–Crippen MR) is 159 cm³/mol. The van der Waals surface area contributed by atoms with Crippen LogP contribution in [-0.4, -0.2) is 62.2 Å². The number of Topliss-reactive ketones (excluding diaryl/α,β-unsaturated/α-hetero) is 1. The molecule has 1 atom stereocenters. The van der Waals surface area contributed by atoms with Crippen molar-refractivity contribution in [3.05, 3.63) is 107 Å². The molecule has 41 heavy (non-hydrogen) atoms. The Labute approximate surface area is 240 Å². The molecule has 0 spiro atoms. The third-order valence-corrected chi connectivity index (χ3v) is 7.84. The topological polar surface area (TPSA) is 87.4 Å². The highest BCUT2D eigenvalue weighted by atomic mass is 16.5. The number of likely N-dealkylation sites (N-methyl/N-ethyl adjacent to an activating group) is 1. The molecule has 2 aromatic heterocycles. The molecular formula is C33H36N4O4. The number of benzene rings is 2. The molecule has 1 fully saturated rings. The second-order valence-electron chi connectivity index (χ2n) is 10.3. The van der Waals surface area contributed by atoms with E-state index in [2.05, 4.69) is 23.7 Å². The number of amides is 1. The van der Waals surface area contributed by atoms with E-state index < -0.39 is 17.7 Å². The van der Waals surface area contributed by atoms with Gasteiger partial charge in [0.25, 0.3) is 11.7 Å². The van der Waals surface area contributed by atoms with Gasteiger partial charge in [0.1, 0.15) is 23.7 Å². The van der Waals surface area contributed by atoms with Crippen molar-refractivity contribution >= 4 is 23.1 Å². The van der Waals surface area contributed by atoms with Crippen molar-refractivity contribution in [1.29, 1.82) is 0 Å². The van der Waals surface area contributed by atoms with Crippen LogP contribution in [0.1, 0.15) is 48.0 Å². The van der Waals surface area contributed by atoms with Crippen LogP contribution < -0.4 is 4.74 Å². The summed E-state index contributed by atoms with van der Waals surface area (Å²) in [5.74, 6) is -0.914. The molecule has 212 valence electrons. The second kappa shape index (κ2) is 12.0. The molecule has 5 rings (SSSR count). The Bertz CT molecular complexity index is 1590. The molecule has 4 aromatic rings. The number of aliphatic hydroxyl groups is 1. The number of aliphatic hydroxyl groups excluding tert-OH is 1. The van der Waals surface area contributed by atoms with Gasteiger partial charge in [0, 0.05) is 19.3 Å². The zero-order chi connectivity index (χ0) is 29.1. The van der Waals surface area contributed by atoms with E-state index in [4.69, 9.17) is 4.74 Å². The third kappa shape index (κ3) is 5.47. The number of aromatic nitrogens is 2. The molecule has 1 aliphatic rings. The van der Waals surface area contributed by atoms with Gasteiger partial charge >= 0.3 is 0 Å². The first-order valence-electron chi connectivity index (χ1n) is 14.1. The number of carbonyl (C=O) groups excluding carboxylic acids is 2. The lowest BCUT2D eigenvalue weighted by molar-refractivity contribution is -0.140. The highest BCUT2D eigenvalue weighted by Crippen LogP contribution is 2.40. The van der Waals surface area contributed by atoms with Crippen molar-refractivity contribution in [2.24, 2.45) is 0 Å². The number of fused-ring (bicyclic) bond motifs is 1.